The lowest BCUT2D eigenvalue weighted by atomic mass is 10.1. The highest BCUT2D eigenvalue weighted by molar-refractivity contribution is 5.95. The Morgan fingerprint density at radius 1 is 1.03 bits per heavy atom. The van der Waals surface area contributed by atoms with E-state index in [-0.39, 0.29) is 24.3 Å². The molecule has 6 heteroatoms. The van der Waals surface area contributed by atoms with E-state index in [1.165, 1.54) is 5.69 Å². The summed E-state index contributed by atoms with van der Waals surface area (Å²) in [7, 11) is 0. The first-order valence-electron chi connectivity index (χ1n) is 10.7. The summed E-state index contributed by atoms with van der Waals surface area (Å²) in [5.74, 6) is -0.279. The number of piperazine rings is 1. The highest BCUT2D eigenvalue weighted by atomic mass is 16.2. The SMILES string of the molecule is CCN1CCN(c2ccc(NC(=O)CC(C)NC(=O)c3ccccc3)cc2C)CC1. The summed E-state index contributed by atoms with van der Waals surface area (Å²) >= 11 is 0. The summed E-state index contributed by atoms with van der Waals surface area (Å²) in [4.78, 5) is 29.5. The lowest BCUT2D eigenvalue weighted by Gasteiger charge is -2.36. The van der Waals surface area contributed by atoms with Crippen molar-refractivity contribution >= 4 is 23.2 Å². The molecule has 1 heterocycles. The summed E-state index contributed by atoms with van der Waals surface area (Å²) in [5.41, 5.74) is 3.76. The summed E-state index contributed by atoms with van der Waals surface area (Å²) in [6, 6.07) is 14.8. The first-order valence-corrected chi connectivity index (χ1v) is 10.7. The third-order valence-corrected chi connectivity index (χ3v) is 5.55. The standard InChI is InChI=1S/C24H32N4O2/c1-4-27-12-14-28(15-13-27)22-11-10-21(16-18(22)2)26-23(29)17-19(3)25-24(30)20-8-6-5-7-9-20/h5-11,16,19H,4,12-15,17H2,1-3H3,(H,25,30)(H,26,29). The summed E-state index contributed by atoms with van der Waals surface area (Å²) < 4.78 is 0. The summed E-state index contributed by atoms with van der Waals surface area (Å²) in [6.45, 7) is 11.4. The normalized spacial score (nSPS) is 15.5. The van der Waals surface area contributed by atoms with Gasteiger partial charge in [0.1, 0.15) is 0 Å². The van der Waals surface area contributed by atoms with E-state index in [4.69, 9.17) is 0 Å². The predicted molar refractivity (Wildman–Crippen MR) is 122 cm³/mol. The zero-order valence-electron chi connectivity index (χ0n) is 18.1. The van der Waals surface area contributed by atoms with E-state index < -0.39 is 0 Å². The number of rotatable bonds is 7. The molecule has 1 saturated heterocycles. The van der Waals surface area contributed by atoms with Crippen LogP contribution in [0.25, 0.3) is 0 Å². The van der Waals surface area contributed by atoms with Crippen LogP contribution in [-0.4, -0.2) is 55.5 Å². The Bertz CT molecular complexity index is 861. The molecular weight excluding hydrogens is 376 g/mol. The van der Waals surface area contributed by atoms with Crippen molar-refractivity contribution in [1.29, 1.82) is 0 Å². The zero-order valence-corrected chi connectivity index (χ0v) is 18.1. The first-order chi connectivity index (χ1) is 14.5. The quantitative estimate of drug-likeness (QED) is 0.738. The lowest BCUT2D eigenvalue weighted by Crippen LogP contribution is -2.46. The van der Waals surface area contributed by atoms with Gasteiger partial charge in [0, 0.05) is 55.6 Å². The maximum atomic E-state index is 12.4. The molecule has 2 aromatic carbocycles. The van der Waals surface area contributed by atoms with Crippen LogP contribution < -0.4 is 15.5 Å². The molecule has 1 unspecified atom stereocenters. The van der Waals surface area contributed by atoms with Gasteiger partial charge in [-0.1, -0.05) is 25.1 Å². The number of nitrogens with one attached hydrogen (secondary N) is 2. The van der Waals surface area contributed by atoms with Gasteiger partial charge < -0.3 is 20.4 Å². The number of benzene rings is 2. The number of amides is 2. The van der Waals surface area contributed by atoms with Gasteiger partial charge in [-0.3, -0.25) is 9.59 Å². The number of carbonyl (C=O) groups excluding carboxylic acids is 2. The van der Waals surface area contributed by atoms with Crippen molar-refractivity contribution in [1.82, 2.24) is 10.2 Å². The Morgan fingerprint density at radius 3 is 2.37 bits per heavy atom. The minimum atomic E-state index is -0.257. The van der Waals surface area contributed by atoms with Crippen LogP contribution in [-0.2, 0) is 4.79 Å². The van der Waals surface area contributed by atoms with E-state index in [2.05, 4.69) is 40.3 Å². The molecule has 0 aliphatic carbocycles. The smallest absolute Gasteiger partial charge is 0.251 e. The van der Waals surface area contributed by atoms with Crippen molar-refractivity contribution in [2.75, 3.05) is 42.9 Å². The van der Waals surface area contributed by atoms with E-state index in [1.54, 1.807) is 12.1 Å². The van der Waals surface area contributed by atoms with E-state index in [9.17, 15) is 9.59 Å². The number of hydrogen-bond acceptors (Lipinski definition) is 4. The second kappa shape index (κ2) is 10.3. The molecule has 2 aromatic rings. The van der Waals surface area contributed by atoms with E-state index >= 15 is 0 Å². The fraction of sp³-hybridized carbons (Fsp3) is 0.417. The van der Waals surface area contributed by atoms with E-state index in [0.717, 1.165) is 44.0 Å². The van der Waals surface area contributed by atoms with Gasteiger partial charge in [0.25, 0.3) is 5.91 Å². The van der Waals surface area contributed by atoms with Crippen LogP contribution in [0.15, 0.2) is 48.5 Å². The van der Waals surface area contributed by atoms with Crippen LogP contribution in [0.5, 0.6) is 0 Å². The summed E-state index contributed by atoms with van der Waals surface area (Å²) in [5, 5.41) is 5.83. The average molecular weight is 409 g/mol. The van der Waals surface area contributed by atoms with Gasteiger partial charge in [-0.05, 0) is 56.3 Å². The highest BCUT2D eigenvalue weighted by Gasteiger charge is 2.18. The molecular formula is C24H32N4O2. The van der Waals surface area contributed by atoms with Crippen molar-refractivity contribution in [3.8, 4) is 0 Å². The van der Waals surface area contributed by atoms with Gasteiger partial charge in [0.2, 0.25) is 5.91 Å². The molecule has 0 aromatic heterocycles. The maximum absolute atomic E-state index is 12.4. The molecule has 0 spiro atoms. The van der Waals surface area contributed by atoms with Crippen molar-refractivity contribution in [3.63, 3.8) is 0 Å². The second-order valence-corrected chi connectivity index (χ2v) is 7.92. The number of likely N-dealkylation sites (N-methyl/N-ethyl adjacent to an activating group) is 1. The van der Waals surface area contributed by atoms with Crippen molar-refractivity contribution in [3.05, 3.63) is 59.7 Å². The molecule has 2 N–H and O–H groups in total. The number of carbonyl (C=O) groups is 2. The molecule has 30 heavy (non-hydrogen) atoms. The van der Waals surface area contributed by atoms with Gasteiger partial charge in [0.15, 0.2) is 0 Å². The van der Waals surface area contributed by atoms with E-state index in [0.29, 0.717) is 5.56 Å². The fourth-order valence-electron chi connectivity index (χ4n) is 3.83. The van der Waals surface area contributed by atoms with Crippen LogP contribution in [0.1, 0.15) is 36.2 Å². The molecule has 3 rings (SSSR count). The lowest BCUT2D eigenvalue weighted by molar-refractivity contribution is -0.116. The average Bonchev–Trinajstić information content (AvgIpc) is 2.74. The Labute approximate surface area is 179 Å². The van der Waals surface area contributed by atoms with Crippen LogP contribution in [0.4, 0.5) is 11.4 Å². The van der Waals surface area contributed by atoms with Crippen LogP contribution >= 0.6 is 0 Å². The van der Waals surface area contributed by atoms with E-state index in [1.807, 2.05) is 37.3 Å². The first kappa shape index (κ1) is 21.8. The number of hydrogen-bond donors (Lipinski definition) is 2. The third kappa shape index (κ3) is 5.83. The Hall–Kier alpha value is -2.86. The van der Waals surface area contributed by atoms with Gasteiger partial charge in [-0.25, -0.2) is 0 Å². The number of nitrogens with zero attached hydrogens (tertiary/aromatic N) is 2. The Morgan fingerprint density at radius 2 is 1.73 bits per heavy atom. The van der Waals surface area contributed by atoms with Crippen LogP contribution in [0.2, 0.25) is 0 Å². The Kier molecular flexibility index (Phi) is 7.46. The minimum absolute atomic E-state index is 0.112. The van der Waals surface area contributed by atoms with Gasteiger partial charge in [-0.2, -0.15) is 0 Å². The van der Waals surface area contributed by atoms with Gasteiger partial charge in [-0.15, -0.1) is 0 Å². The number of anilines is 2. The van der Waals surface area contributed by atoms with Crippen molar-refractivity contribution in [2.45, 2.75) is 33.2 Å². The molecule has 6 nitrogen and oxygen atoms in total. The largest absolute Gasteiger partial charge is 0.369 e. The third-order valence-electron chi connectivity index (χ3n) is 5.55. The predicted octanol–water partition coefficient (Wildman–Crippen LogP) is 3.28. The summed E-state index contributed by atoms with van der Waals surface area (Å²) in [6.07, 6.45) is 0.221. The molecule has 0 bridgehead atoms. The van der Waals surface area contributed by atoms with Crippen molar-refractivity contribution in [2.24, 2.45) is 0 Å². The molecule has 160 valence electrons. The monoisotopic (exact) mass is 408 g/mol. The van der Waals surface area contributed by atoms with Gasteiger partial charge in [0.05, 0.1) is 0 Å². The molecule has 1 aliphatic heterocycles. The maximum Gasteiger partial charge on any atom is 0.251 e. The molecule has 2 amide bonds. The van der Waals surface area contributed by atoms with Crippen LogP contribution in [0.3, 0.4) is 0 Å². The molecule has 1 atom stereocenters. The zero-order chi connectivity index (χ0) is 21.5. The van der Waals surface area contributed by atoms with Crippen molar-refractivity contribution < 1.29 is 9.59 Å². The molecule has 1 aliphatic rings. The second-order valence-electron chi connectivity index (χ2n) is 7.92. The van der Waals surface area contributed by atoms with Gasteiger partial charge >= 0.3 is 0 Å². The Balaban J connectivity index is 1.51. The molecule has 1 fully saturated rings. The van der Waals surface area contributed by atoms with Crippen LogP contribution in [0, 0.1) is 6.92 Å². The molecule has 0 radical (unpaired) electrons. The number of aryl methyl sites for hydroxylation is 1. The highest BCUT2D eigenvalue weighted by Crippen LogP contribution is 2.25. The fourth-order valence-corrected chi connectivity index (χ4v) is 3.83. The molecule has 0 saturated carbocycles. The topological polar surface area (TPSA) is 64.7 Å². The minimum Gasteiger partial charge on any atom is -0.369 e.